The van der Waals surface area contributed by atoms with Gasteiger partial charge in [0.15, 0.2) is 11.6 Å². The molecule has 9 rings (SSSR count). The quantitative estimate of drug-likeness (QED) is 0.360. The second kappa shape index (κ2) is 9.78. The van der Waals surface area contributed by atoms with Crippen molar-refractivity contribution in [1.29, 1.82) is 0 Å². The van der Waals surface area contributed by atoms with E-state index in [1.54, 1.807) is 0 Å². The molecule has 10 nitrogen and oxygen atoms in total. The Bertz CT molecular complexity index is 1880. The zero-order valence-corrected chi connectivity index (χ0v) is 23.2. The van der Waals surface area contributed by atoms with Gasteiger partial charge in [0.25, 0.3) is 5.56 Å². The van der Waals surface area contributed by atoms with E-state index < -0.39 is 28.9 Å². The molecular formula is C30H30F3N7O3. The van der Waals surface area contributed by atoms with Crippen molar-refractivity contribution in [2.75, 3.05) is 37.7 Å². The van der Waals surface area contributed by atoms with Crippen LogP contribution in [0.2, 0.25) is 0 Å². The van der Waals surface area contributed by atoms with Gasteiger partial charge in [-0.15, -0.1) is 0 Å². The maximum atomic E-state index is 15.1. The van der Waals surface area contributed by atoms with Crippen molar-refractivity contribution in [3.8, 4) is 17.4 Å². The number of phenols is 1. The van der Waals surface area contributed by atoms with Crippen molar-refractivity contribution in [2.45, 2.75) is 55.9 Å². The molecular weight excluding hydrogens is 563 g/mol. The number of ether oxygens (including phenoxy) is 1. The third kappa shape index (κ3) is 4.23. The average Bonchev–Trinajstić information content (AvgIpc) is 3.50. The molecule has 2 unspecified atom stereocenters. The number of aromatic hydroxyl groups is 1. The summed E-state index contributed by atoms with van der Waals surface area (Å²) in [4.78, 5) is 27.4. The number of phenolic OH excluding ortho intramolecular Hbond substituents is 1. The van der Waals surface area contributed by atoms with Crippen LogP contribution in [0.5, 0.6) is 11.8 Å². The summed E-state index contributed by atoms with van der Waals surface area (Å²) in [5, 5.41) is 18.6. The Morgan fingerprint density at radius 2 is 2.09 bits per heavy atom. The largest absolute Gasteiger partial charge is 0.508 e. The molecule has 5 aliphatic heterocycles. The first-order valence-electron chi connectivity index (χ1n) is 15.1. The monoisotopic (exact) mass is 594 g/mol. The number of halogens is 3. The molecule has 5 fully saturated rings. The van der Waals surface area contributed by atoms with Crippen LogP contribution in [0.15, 0.2) is 35.3 Å². The minimum atomic E-state index is -2.07. The number of piperidine rings is 2. The Balaban J connectivity index is 1.27. The van der Waals surface area contributed by atoms with Gasteiger partial charge in [-0.25, -0.2) is 13.2 Å². The molecule has 0 amide bonds. The van der Waals surface area contributed by atoms with Crippen LogP contribution in [-0.2, 0) is 0 Å². The molecule has 0 aliphatic carbocycles. The Morgan fingerprint density at radius 1 is 1.21 bits per heavy atom. The third-order valence-corrected chi connectivity index (χ3v) is 9.52. The average molecular weight is 595 g/mol. The predicted octanol–water partition coefficient (Wildman–Crippen LogP) is 3.21. The molecule has 13 heteroatoms. The number of fused-ring (bicyclic) bond motifs is 6. The van der Waals surface area contributed by atoms with Gasteiger partial charge < -0.3 is 20.1 Å². The molecule has 5 aliphatic rings. The molecule has 0 radical (unpaired) electrons. The summed E-state index contributed by atoms with van der Waals surface area (Å²) in [6.07, 6.45) is 2.83. The third-order valence-electron chi connectivity index (χ3n) is 9.52. The summed E-state index contributed by atoms with van der Waals surface area (Å²) in [7, 11) is 0. The van der Waals surface area contributed by atoms with E-state index in [9.17, 15) is 18.7 Å². The Morgan fingerprint density at radius 3 is 2.88 bits per heavy atom. The summed E-state index contributed by atoms with van der Waals surface area (Å²) in [6.45, 7) is 2.14. The maximum Gasteiger partial charge on any atom is 0.319 e. The number of piperazine rings is 1. The standard InChI is InChI=1S/C30H30F3N7O3/c31-17-10-30(6-1-7-38(30)13-17)15-43-29-36-26-21(27(37-29)39-14-18-3-4-19(39)11-34-18)12-35-40(28(26)42)23-9-20(41)8-16-2-5-22(32)25(33)24(16)23/h2,5,8-9,12,17-19,34,41H,1,3-4,6-7,10-11,13-15H2/t17-,18?,19?,30+/m1/s1/i17D. The highest BCUT2D eigenvalue weighted by Gasteiger charge is 2.49. The van der Waals surface area contributed by atoms with E-state index in [2.05, 4.69) is 20.3 Å². The minimum Gasteiger partial charge on any atom is -0.508 e. The van der Waals surface area contributed by atoms with Gasteiger partial charge in [0.05, 0.1) is 24.2 Å². The summed E-state index contributed by atoms with van der Waals surface area (Å²) in [5.74, 6) is -2.06. The van der Waals surface area contributed by atoms with E-state index in [0.717, 1.165) is 42.6 Å². The lowest BCUT2D eigenvalue weighted by atomic mass is 9.93. The van der Waals surface area contributed by atoms with Crippen LogP contribution in [0.25, 0.3) is 27.4 Å². The second-order valence-electron chi connectivity index (χ2n) is 12.1. The van der Waals surface area contributed by atoms with Gasteiger partial charge in [-0.2, -0.15) is 19.7 Å². The molecule has 2 bridgehead atoms. The summed E-state index contributed by atoms with van der Waals surface area (Å²) in [5.41, 5.74) is -1.59. The van der Waals surface area contributed by atoms with Crippen molar-refractivity contribution >= 4 is 27.5 Å². The first-order valence-corrected chi connectivity index (χ1v) is 14.6. The van der Waals surface area contributed by atoms with Gasteiger partial charge in [-0.1, -0.05) is 6.07 Å². The SMILES string of the molecule is [2H][C@]1(F)CN2CCC[C@@]2(COc2nc(N3CC4CCC3CN4)c3cnn(-c4cc(O)cc5ccc(F)c(F)c45)c(=O)c3n2)C1. The number of hydrogen-bond donors (Lipinski definition) is 2. The Hall–Kier alpha value is -3.97. The van der Waals surface area contributed by atoms with Gasteiger partial charge in [-0.05, 0) is 49.7 Å². The summed E-state index contributed by atoms with van der Waals surface area (Å²) < 4.78 is 59.2. The molecule has 0 saturated carbocycles. The van der Waals surface area contributed by atoms with Gasteiger partial charge in [0.1, 0.15) is 29.8 Å². The van der Waals surface area contributed by atoms with Crippen LogP contribution < -0.4 is 20.5 Å². The molecule has 7 heterocycles. The molecule has 2 aromatic carbocycles. The molecule has 4 atom stereocenters. The molecule has 0 spiro atoms. The van der Waals surface area contributed by atoms with Crippen LogP contribution >= 0.6 is 0 Å². The normalized spacial score (nSPS) is 29.0. The van der Waals surface area contributed by atoms with E-state index in [-0.39, 0.29) is 65.4 Å². The first kappa shape index (κ1) is 25.5. The number of alkyl halides is 1. The van der Waals surface area contributed by atoms with E-state index in [1.807, 2.05) is 4.90 Å². The first-order chi connectivity index (χ1) is 21.1. The number of anilines is 1. The van der Waals surface area contributed by atoms with Gasteiger partial charge in [-0.3, -0.25) is 9.69 Å². The van der Waals surface area contributed by atoms with Crippen LogP contribution in [0.1, 0.15) is 33.5 Å². The lowest BCUT2D eigenvalue weighted by Gasteiger charge is -2.46. The van der Waals surface area contributed by atoms with E-state index >= 15 is 4.39 Å². The van der Waals surface area contributed by atoms with Gasteiger partial charge >= 0.3 is 6.01 Å². The molecule has 4 aromatic rings. The predicted molar refractivity (Wildman–Crippen MR) is 153 cm³/mol. The Kier molecular flexibility index (Phi) is 5.80. The van der Waals surface area contributed by atoms with Crippen molar-refractivity contribution in [3.05, 3.63) is 52.5 Å². The lowest BCUT2D eigenvalue weighted by Crippen LogP contribution is -2.61. The van der Waals surface area contributed by atoms with E-state index in [4.69, 9.17) is 11.1 Å². The number of hydrogen-bond acceptors (Lipinski definition) is 9. The fourth-order valence-corrected chi connectivity index (χ4v) is 7.41. The number of nitrogens with one attached hydrogen (secondary N) is 1. The van der Waals surface area contributed by atoms with Crippen molar-refractivity contribution in [1.82, 2.24) is 30.0 Å². The summed E-state index contributed by atoms with van der Waals surface area (Å²) in [6, 6.07) is 4.98. The number of nitrogens with zero attached hydrogens (tertiary/aromatic N) is 6. The van der Waals surface area contributed by atoms with Crippen molar-refractivity contribution in [2.24, 2.45) is 0 Å². The fourth-order valence-electron chi connectivity index (χ4n) is 7.41. The van der Waals surface area contributed by atoms with Crippen molar-refractivity contribution < 1.29 is 24.4 Å². The van der Waals surface area contributed by atoms with Gasteiger partial charge in [0, 0.05) is 49.6 Å². The maximum absolute atomic E-state index is 15.1. The molecule has 2 N–H and O–H groups in total. The highest BCUT2D eigenvalue weighted by molar-refractivity contribution is 5.93. The molecule has 224 valence electrons. The van der Waals surface area contributed by atoms with E-state index in [1.165, 1.54) is 18.3 Å². The lowest BCUT2D eigenvalue weighted by molar-refractivity contribution is 0.107. The van der Waals surface area contributed by atoms with Crippen LogP contribution in [0.3, 0.4) is 0 Å². The molecule has 2 aromatic heterocycles. The zero-order chi connectivity index (χ0) is 30.4. The topological polar surface area (TPSA) is 109 Å². The number of aromatic nitrogens is 4. The Labute approximate surface area is 245 Å². The second-order valence-corrected chi connectivity index (χ2v) is 12.1. The molecule has 43 heavy (non-hydrogen) atoms. The summed E-state index contributed by atoms with van der Waals surface area (Å²) >= 11 is 0. The van der Waals surface area contributed by atoms with E-state index in [0.29, 0.717) is 30.7 Å². The van der Waals surface area contributed by atoms with Crippen LogP contribution in [-0.4, -0.2) is 86.3 Å². The smallest absolute Gasteiger partial charge is 0.319 e. The number of rotatable bonds is 5. The highest BCUT2D eigenvalue weighted by atomic mass is 19.2. The van der Waals surface area contributed by atoms with Gasteiger partial charge in [0.2, 0.25) is 0 Å². The molecule has 5 saturated heterocycles. The fraction of sp³-hybridized carbons (Fsp3) is 0.467. The highest BCUT2D eigenvalue weighted by Crippen LogP contribution is 2.41. The zero-order valence-electron chi connectivity index (χ0n) is 24.2. The van der Waals surface area contributed by atoms with Crippen LogP contribution in [0.4, 0.5) is 19.0 Å². The minimum absolute atomic E-state index is 0.00537. The van der Waals surface area contributed by atoms with Crippen LogP contribution in [0, 0.1) is 11.6 Å². The van der Waals surface area contributed by atoms with Crippen molar-refractivity contribution in [3.63, 3.8) is 0 Å². The number of benzene rings is 2.